The van der Waals surface area contributed by atoms with Crippen molar-refractivity contribution in [1.82, 2.24) is 15.0 Å². The van der Waals surface area contributed by atoms with Crippen molar-refractivity contribution >= 4 is 27.6 Å². The van der Waals surface area contributed by atoms with Gasteiger partial charge in [-0.1, -0.05) is 6.42 Å². The second-order valence-electron chi connectivity index (χ2n) is 3.69. The van der Waals surface area contributed by atoms with Gasteiger partial charge in [-0.2, -0.15) is 0 Å². The van der Waals surface area contributed by atoms with Gasteiger partial charge < -0.3 is 10.9 Å². The van der Waals surface area contributed by atoms with E-state index in [9.17, 15) is 0 Å². The van der Waals surface area contributed by atoms with Gasteiger partial charge in [0.25, 0.3) is 0 Å². The Balaban J connectivity index is 2.08. The Hall–Kier alpha value is -0.920. The molecule has 0 bridgehead atoms. The Morgan fingerprint density at radius 1 is 1.19 bits per heavy atom. The lowest BCUT2D eigenvalue weighted by Crippen LogP contribution is -2.35. The quantitative estimate of drug-likeness (QED) is 0.575. The molecule has 0 atom stereocenters. The highest BCUT2D eigenvalue weighted by molar-refractivity contribution is 9.10. The number of hydrogen-bond donors (Lipinski definition) is 3. The van der Waals surface area contributed by atoms with E-state index in [0.29, 0.717) is 5.82 Å². The third-order valence-electron chi connectivity index (χ3n) is 2.55. The van der Waals surface area contributed by atoms with Crippen molar-refractivity contribution in [3.05, 3.63) is 10.8 Å². The number of anilines is 2. The summed E-state index contributed by atoms with van der Waals surface area (Å²) in [5.41, 5.74) is 5.78. The van der Waals surface area contributed by atoms with E-state index in [2.05, 4.69) is 41.8 Å². The summed E-state index contributed by atoms with van der Waals surface area (Å²) >= 11 is 3.41. The molecule has 2 rings (SSSR count). The van der Waals surface area contributed by atoms with Gasteiger partial charge in [-0.3, -0.25) is 0 Å². The van der Waals surface area contributed by atoms with Gasteiger partial charge in [0.05, 0.1) is 0 Å². The molecule has 6 nitrogen and oxygen atoms in total. The second kappa shape index (κ2) is 5.42. The molecule has 1 aromatic rings. The number of piperidine rings is 1. The summed E-state index contributed by atoms with van der Waals surface area (Å²) in [6.07, 6.45) is 5.22. The van der Waals surface area contributed by atoms with Gasteiger partial charge in [0.1, 0.15) is 10.8 Å². The minimum absolute atomic E-state index is 0.578. The number of nitrogens with one attached hydrogen (secondary N) is 2. The molecule has 4 N–H and O–H groups in total. The Kier molecular flexibility index (Phi) is 3.92. The SMILES string of the molecule is NNc1ncnc(NN2CCCCC2)c1Br. The molecule has 1 fully saturated rings. The van der Waals surface area contributed by atoms with E-state index in [1.54, 1.807) is 0 Å². The van der Waals surface area contributed by atoms with Gasteiger partial charge in [0.2, 0.25) is 0 Å². The van der Waals surface area contributed by atoms with Crippen molar-refractivity contribution in [2.24, 2.45) is 5.84 Å². The van der Waals surface area contributed by atoms with Gasteiger partial charge in [0.15, 0.2) is 11.6 Å². The summed E-state index contributed by atoms with van der Waals surface area (Å²) in [4.78, 5) is 8.17. The minimum atomic E-state index is 0.578. The van der Waals surface area contributed by atoms with E-state index < -0.39 is 0 Å². The Bertz CT molecular complexity index is 352. The number of aromatic nitrogens is 2. The fraction of sp³-hybridized carbons (Fsp3) is 0.556. The average Bonchev–Trinajstić information content (AvgIpc) is 2.33. The number of rotatable bonds is 3. The molecule has 0 spiro atoms. The van der Waals surface area contributed by atoms with E-state index >= 15 is 0 Å². The Labute approximate surface area is 103 Å². The monoisotopic (exact) mass is 286 g/mol. The van der Waals surface area contributed by atoms with Crippen LogP contribution in [-0.2, 0) is 0 Å². The van der Waals surface area contributed by atoms with Crippen LogP contribution in [0.4, 0.5) is 11.6 Å². The number of hydrazine groups is 2. The zero-order valence-electron chi connectivity index (χ0n) is 8.91. The number of halogens is 1. The molecule has 1 aromatic heterocycles. The molecular formula is C9H15BrN6. The van der Waals surface area contributed by atoms with Crippen LogP contribution in [0.15, 0.2) is 10.8 Å². The standard InChI is InChI=1S/C9H15BrN6/c10-7-8(14-11)12-6-13-9(7)15-16-4-2-1-3-5-16/h6H,1-5,11H2,(H2,12,13,14,15). The maximum absolute atomic E-state index is 5.34. The summed E-state index contributed by atoms with van der Waals surface area (Å²) in [6, 6.07) is 0. The highest BCUT2D eigenvalue weighted by Gasteiger charge is 2.13. The maximum Gasteiger partial charge on any atom is 0.160 e. The van der Waals surface area contributed by atoms with Gasteiger partial charge in [-0.05, 0) is 28.8 Å². The molecule has 1 aliphatic heterocycles. The van der Waals surface area contributed by atoms with Crippen LogP contribution >= 0.6 is 15.9 Å². The molecule has 88 valence electrons. The highest BCUT2D eigenvalue weighted by atomic mass is 79.9. The third kappa shape index (κ3) is 2.60. The Morgan fingerprint density at radius 3 is 2.56 bits per heavy atom. The molecule has 1 aliphatic rings. The molecule has 7 heteroatoms. The molecule has 0 radical (unpaired) electrons. The molecular weight excluding hydrogens is 272 g/mol. The van der Waals surface area contributed by atoms with Crippen molar-refractivity contribution in [3.8, 4) is 0 Å². The lowest BCUT2D eigenvalue weighted by molar-refractivity contribution is 0.272. The largest absolute Gasteiger partial charge is 0.307 e. The molecule has 16 heavy (non-hydrogen) atoms. The van der Waals surface area contributed by atoms with Crippen molar-refractivity contribution in [1.29, 1.82) is 0 Å². The topological polar surface area (TPSA) is 79.1 Å². The normalized spacial score (nSPS) is 17.1. The predicted molar refractivity (Wildman–Crippen MR) is 66.6 cm³/mol. The molecule has 1 saturated heterocycles. The molecule has 0 saturated carbocycles. The molecule has 0 unspecified atom stereocenters. The Morgan fingerprint density at radius 2 is 1.88 bits per heavy atom. The van der Waals surface area contributed by atoms with Crippen LogP contribution in [0.2, 0.25) is 0 Å². The zero-order chi connectivity index (χ0) is 11.4. The van der Waals surface area contributed by atoms with Gasteiger partial charge in [-0.25, -0.2) is 20.8 Å². The van der Waals surface area contributed by atoms with E-state index in [-0.39, 0.29) is 0 Å². The second-order valence-corrected chi connectivity index (χ2v) is 4.48. The van der Waals surface area contributed by atoms with Gasteiger partial charge in [-0.15, -0.1) is 0 Å². The predicted octanol–water partition coefficient (Wildman–Crippen LogP) is 1.34. The fourth-order valence-electron chi connectivity index (χ4n) is 1.70. The molecule has 0 aromatic carbocycles. The van der Waals surface area contributed by atoms with Gasteiger partial charge in [0, 0.05) is 13.1 Å². The summed E-state index contributed by atoms with van der Waals surface area (Å²) in [6.45, 7) is 2.09. The van der Waals surface area contributed by atoms with E-state index in [0.717, 1.165) is 23.4 Å². The minimum Gasteiger partial charge on any atom is -0.307 e. The summed E-state index contributed by atoms with van der Waals surface area (Å²) in [7, 11) is 0. The van der Waals surface area contributed by atoms with Crippen LogP contribution in [0.5, 0.6) is 0 Å². The number of nitrogen functional groups attached to an aromatic ring is 1. The average molecular weight is 287 g/mol. The van der Waals surface area contributed by atoms with Crippen LogP contribution in [0.3, 0.4) is 0 Å². The van der Waals surface area contributed by atoms with Crippen LogP contribution in [0, 0.1) is 0 Å². The summed E-state index contributed by atoms with van der Waals surface area (Å²) in [5.74, 6) is 6.66. The van der Waals surface area contributed by atoms with Crippen LogP contribution in [-0.4, -0.2) is 28.1 Å². The van der Waals surface area contributed by atoms with E-state index in [4.69, 9.17) is 5.84 Å². The number of hydrogen-bond acceptors (Lipinski definition) is 6. The molecule has 0 aliphatic carbocycles. The summed E-state index contributed by atoms with van der Waals surface area (Å²) < 4.78 is 0.753. The van der Waals surface area contributed by atoms with E-state index in [1.807, 2.05) is 0 Å². The lowest BCUT2D eigenvalue weighted by atomic mass is 10.2. The molecule has 0 amide bonds. The number of nitrogens with two attached hydrogens (primary N) is 1. The first-order valence-electron chi connectivity index (χ1n) is 5.30. The first kappa shape index (κ1) is 11.6. The fourth-order valence-corrected chi connectivity index (χ4v) is 2.11. The maximum atomic E-state index is 5.34. The lowest BCUT2D eigenvalue weighted by Gasteiger charge is -2.27. The zero-order valence-corrected chi connectivity index (χ0v) is 10.5. The molecule has 2 heterocycles. The van der Waals surface area contributed by atoms with Crippen molar-refractivity contribution in [2.75, 3.05) is 23.9 Å². The number of nitrogens with zero attached hydrogens (tertiary/aromatic N) is 3. The highest BCUT2D eigenvalue weighted by Crippen LogP contribution is 2.26. The van der Waals surface area contributed by atoms with Crippen molar-refractivity contribution in [3.63, 3.8) is 0 Å². The van der Waals surface area contributed by atoms with Crippen molar-refractivity contribution < 1.29 is 0 Å². The summed E-state index contributed by atoms with van der Waals surface area (Å²) in [5, 5.41) is 2.16. The first-order valence-corrected chi connectivity index (χ1v) is 6.09. The van der Waals surface area contributed by atoms with Crippen molar-refractivity contribution in [2.45, 2.75) is 19.3 Å². The van der Waals surface area contributed by atoms with Crippen LogP contribution in [0.25, 0.3) is 0 Å². The van der Waals surface area contributed by atoms with E-state index in [1.165, 1.54) is 25.6 Å². The smallest absolute Gasteiger partial charge is 0.160 e. The van der Waals surface area contributed by atoms with Crippen LogP contribution < -0.4 is 16.7 Å². The van der Waals surface area contributed by atoms with Gasteiger partial charge >= 0.3 is 0 Å². The third-order valence-corrected chi connectivity index (χ3v) is 3.30. The first-order chi connectivity index (χ1) is 7.81. The van der Waals surface area contributed by atoms with Crippen LogP contribution in [0.1, 0.15) is 19.3 Å².